The van der Waals surface area contributed by atoms with Crippen molar-refractivity contribution in [1.29, 1.82) is 0 Å². The van der Waals surface area contributed by atoms with E-state index in [2.05, 4.69) is 61.6 Å². The molecule has 0 nitrogen and oxygen atoms in total. The Bertz CT molecular complexity index is 402. The third kappa shape index (κ3) is 2.47. The lowest BCUT2D eigenvalue weighted by Gasteiger charge is -2.03. The molecule has 0 unspecified atom stereocenters. The van der Waals surface area contributed by atoms with Crippen LogP contribution in [-0.4, -0.2) is 0 Å². The van der Waals surface area contributed by atoms with Crippen molar-refractivity contribution in [3.05, 3.63) is 65.8 Å². The molecule has 0 saturated carbocycles. The van der Waals surface area contributed by atoms with E-state index < -0.39 is 0 Å². The van der Waals surface area contributed by atoms with Crippen LogP contribution in [0.1, 0.15) is 24.5 Å². The summed E-state index contributed by atoms with van der Waals surface area (Å²) < 4.78 is 0. The molecule has 0 aliphatic heterocycles. The summed E-state index contributed by atoms with van der Waals surface area (Å²) in [6, 6.07) is 8.84. The lowest BCUT2D eigenvalue weighted by molar-refractivity contribution is 1.14. The summed E-state index contributed by atoms with van der Waals surface area (Å²) in [4.78, 5) is 0. The minimum atomic E-state index is 1.03. The molecule has 0 N–H and O–H groups in total. The quantitative estimate of drug-likeness (QED) is 0.666. The van der Waals surface area contributed by atoms with Crippen LogP contribution in [0.2, 0.25) is 0 Å². The smallest absolute Gasteiger partial charge is 0.0157 e. The molecule has 1 aromatic carbocycles. The Kier molecular flexibility index (Phi) is 3.18. The van der Waals surface area contributed by atoms with Gasteiger partial charge in [0.25, 0.3) is 0 Å². The van der Waals surface area contributed by atoms with Crippen molar-refractivity contribution < 1.29 is 0 Å². The zero-order valence-corrected chi connectivity index (χ0v) is 9.11. The van der Waals surface area contributed by atoms with Crippen LogP contribution in [0.5, 0.6) is 0 Å². The first-order valence-electron chi connectivity index (χ1n) is 5.53. The molecule has 0 atom stereocenters. The van der Waals surface area contributed by atoms with E-state index in [-0.39, 0.29) is 0 Å². The van der Waals surface area contributed by atoms with E-state index in [0.717, 1.165) is 12.8 Å². The summed E-state index contributed by atoms with van der Waals surface area (Å²) in [7, 11) is 0. The van der Waals surface area contributed by atoms with Crippen molar-refractivity contribution in [3.63, 3.8) is 0 Å². The molecule has 0 saturated heterocycles. The lowest BCUT2D eigenvalue weighted by atomic mass is 10.0. The summed E-state index contributed by atoms with van der Waals surface area (Å²) in [6.45, 7) is 2.18. The maximum Gasteiger partial charge on any atom is -0.0157 e. The molecule has 1 aromatic rings. The molecule has 0 spiro atoms. The van der Waals surface area contributed by atoms with Gasteiger partial charge in [0.05, 0.1) is 0 Å². The van der Waals surface area contributed by atoms with Crippen LogP contribution in [0.4, 0.5) is 0 Å². The Balaban J connectivity index is 2.25. The standard InChI is InChI=1S/C15H16/c1-2-13-9-11-15(12-10-13)14-7-5-3-4-6-8-14/h3-5,7-12H,2,6H2,1H3. The summed E-state index contributed by atoms with van der Waals surface area (Å²) in [5, 5.41) is 0. The summed E-state index contributed by atoms with van der Waals surface area (Å²) in [5.74, 6) is 0. The molecule has 0 amide bonds. The molecule has 0 radical (unpaired) electrons. The van der Waals surface area contributed by atoms with Gasteiger partial charge in [-0.15, -0.1) is 0 Å². The van der Waals surface area contributed by atoms with Crippen LogP contribution in [0, 0.1) is 0 Å². The average molecular weight is 196 g/mol. The molecule has 76 valence electrons. The number of aryl methyl sites for hydroxylation is 1. The largest absolute Gasteiger partial charge is 0.0807 e. The maximum atomic E-state index is 2.26. The molecule has 0 fully saturated rings. The van der Waals surface area contributed by atoms with Gasteiger partial charge in [-0.05, 0) is 29.5 Å². The Hall–Kier alpha value is -1.56. The normalized spacial score (nSPS) is 14.9. The van der Waals surface area contributed by atoms with Crippen LogP contribution >= 0.6 is 0 Å². The van der Waals surface area contributed by atoms with Crippen LogP contribution in [0.25, 0.3) is 5.57 Å². The van der Waals surface area contributed by atoms with E-state index in [1.54, 1.807) is 0 Å². The highest BCUT2D eigenvalue weighted by molar-refractivity contribution is 5.74. The first-order chi connectivity index (χ1) is 7.40. The van der Waals surface area contributed by atoms with E-state index >= 15 is 0 Å². The zero-order chi connectivity index (χ0) is 10.5. The second-order valence-corrected chi connectivity index (χ2v) is 3.73. The molecule has 0 heteroatoms. The van der Waals surface area contributed by atoms with Crippen LogP contribution < -0.4 is 0 Å². The Morgan fingerprint density at radius 1 is 1.07 bits per heavy atom. The van der Waals surface area contributed by atoms with Gasteiger partial charge in [-0.3, -0.25) is 0 Å². The monoisotopic (exact) mass is 196 g/mol. The van der Waals surface area contributed by atoms with Crippen molar-refractivity contribution >= 4 is 5.57 Å². The van der Waals surface area contributed by atoms with E-state index in [1.807, 2.05) is 0 Å². The predicted molar refractivity (Wildman–Crippen MR) is 66.7 cm³/mol. The van der Waals surface area contributed by atoms with E-state index in [0.29, 0.717) is 0 Å². The van der Waals surface area contributed by atoms with Gasteiger partial charge in [0.15, 0.2) is 0 Å². The number of allylic oxidation sites excluding steroid dienone is 6. The fourth-order valence-corrected chi connectivity index (χ4v) is 1.73. The van der Waals surface area contributed by atoms with Gasteiger partial charge in [0, 0.05) is 0 Å². The van der Waals surface area contributed by atoms with Crippen LogP contribution in [-0.2, 0) is 6.42 Å². The third-order valence-electron chi connectivity index (χ3n) is 2.69. The fourth-order valence-electron chi connectivity index (χ4n) is 1.73. The lowest BCUT2D eigenvalue weighted by Crippen LogP contribution is -1.83. The van der Waals surface area contributed by atoms with Crippen molar-refractivity contribution in [2.45, 2.75) is 19.8 Å². The van der Waals surface area contributed by atoms with Gasteiger partial charge in [-0.1, -0.05) is 61.6 Å². The number of rotatable bonds is 2. The molecular formula is C15H16. The molecule has 1 aliphatic rings. The minimum absolute atomic E-state index is 1.03. The number of benzene rings is 1. The Morgan fingerprint density at radius 3 is 2.60 bits per heavy atom. The molecule has 0 bridgehead atoms. The topological polar surface area (TPSA) is 0 Å². The van der Waals surface area contributed by atoms with Gasteiger partial charge in [-0.2, -0.15) is 0 Å². The van der Waals surface area contributed by atoms with E-state index in [4.69, 9.17) is 0 Å². The average Bonchev–Trinajstić information content (AvgIpc) is 2.58. The first kappa shape index (κ1) is 9.97. The van der Waals surface area contributed by atoms with Crippen molar-refractivity contribution in [2.24, 2.45) is 0 Å². The Labute approximate surface area is 91.6 Å². The predicted octanol–water partition coefficient (Wildman–Crippen LogP) is 4.15. The number of hydrogen-bond acceptors (Lipinski definition) is 0. The van der Waals surface area contributed by atoms with Gasteiger partial charge >= 0.3 is 0 Å². The van der Waals surface area contributed by atoms with Gasteiger partial charge in [0.2, 0.25) is 0 Å². The first-order valence-corrected chi connectivity index (χ1v) is 5.53. The fraction of sp³-hybridized carbons (Fsp3) is 0.200. The highest BCUT2D eigenvalue weighted by Gasteiger charge is 1.98. The maximum absolute atomic E-state index is 2.26. The van der Waals surface area contributed by atoms with Crippen molar-refractivity contribution in [1.82, 2.24) is 0 Å². The summed E-state index contributed by atoms with van der Waals surface area (Å²) >= 11 is 0. The third-order valence-corrected chi connectivity index (χ3v) is 2.69. The van der Waals surface area contributed by atoms with E-state index in [1.165, 1.54) is 16.7 Å². The van der Waals surface area contributed by atoms with Crippen molar-refractivity contribution in [2.75, 3.05) is 0 Å². The second-order valence-electron chi connectivity index (χ2n) is 3.73. The second kappa shape index (κ2) is 4.79. The highest BCUT2D eigenvalue weighted by Crippen LogP contribution is 2.19. The minimum Gasteiger partial charge on any atom is -0.0807 e. The zero-order valence-electron chi connectivity index (χ0n) is 9.11. The van der Waals surface area contributed by atoms with Gasteiger partial charge in [-0.25, -0.2) is 0 Å². The van der Waals surface area contributed by atoms with Crippen molar-refractivity contribution in [3.8, 4) is 0 Å². The summed E-state index contributed by atoms with van der Waals surface area (Å²) in [5.41, 5.74) is 4.03. The van der Waals surface area contributed by atoms with Gasteiger partial charge in [0.1, 0.15) is 0 Å². The number of hydrogen-bond donors (Lipinski definition) is 0. The molecule has 2 rings (SSSR count). The molecule has 0 heterocycles. The van der Waals surface area contributed by atoms with Crippen LogP contribution in [0.15, 0.2) is 54.6 Å². The SMILES string of the molecule is CCc1ccc(C2=CCC=CC=C2)cc1. The molecular weight excluding hydrogens is 180 g/mol. The van der Waals surface area contributed by atoms with Gasteiger partial charge < -0.3 is 0 Å². The molecule has 15 heavy (non-hydrogen) atoms. The highest BCUT2D eigenvalue weighted by atomic mass is 14.0. The van der Waals surface area contributed by atoms with Crippen LogP contribution in [0.3, 0.4) is 0 Å². The molecule has 0 aromatic heterocycles. The Morgan fingerprint density at radius 2 is 1.87 bits per heavy atom. The summed E-state index contributed by atoms with van der Waals surface area (Å²) in [6.07, 6.45) is 12.9. The molecule has 1 aliphatic carbocycles. The van der Waals surface area contributed by atoms with E-state index in [9.17, 15) is 0 Å².